The van der Waals surface area contributed by atoms with Crippen LogP contribution in [0.5, 0.6) is 5.75 Å². The van der Waals surface area contributed by atoms with E-state index >= 15 is 0 Å². The molecule has 0 saturated carbocycles. The highest BCUT2D eigenvalue weighted by atomic mass is 16.5. The molecular formula is C15H22O3. The molecule has 3 nitrogen and oxygen atoms in total. The van der Waals surface area contributed by atoms with Crippen molar-refractivity contribution in [2.75, 3.05) is 0 Å². The third kappa shape index (κ3) is 4.78. The first-order valence-electron chi connectivity index (χ1n) is 6.67. The summed E-state index contributed by atoms with van der Waals surface area (Å²) in [5.41, 5.74) is 0.293. The topological polar surface area (TPSA) is 46.5 Å². The predicted octanol–water partition coefficient (Wildman–Crippen LogP) is 4.12. The van der Waals surface area contributed by atoms with Crippen LogP contribution in [0.15, 0.2) is 24.3 Å². The van der Waals surface area contributed by atoms with Gasteiger partial charge in [-0.15, -0.1) is 0 Å². The normalized spacial score (nSPS) is 12.1. The zero-order chi connectivity index (χ0) is 13.4. The summed E-state index contributed by atoms with van der Waals surface area (Å²) in [5.74, 6) is -0.153. The average Bonchev–Trinajstić information content (AvgIpc) is 2.38. The number of carbonyl (C=O) groups is 1. The molecule has 3 heteroatoms. The van der Waals surface area contributed by atoms with Crippen LogP contribution in [-0.4, -0.2) is 17.2 Å². The lowest BCUT2D eigenvalue weighted by atomic mass is 10.1. The van der Waals surface area contributed by atoms with Crippen molar-refractivity contribution in [3.63, 3.8) is 0 Å². The van der Waals surface area contributed by atoms with E-state index in [0.717, 1.165) is 18.6 Å². The van der Waals surface area contributed by atoms with Gasteiger partial charge >= 0.3 is 5.97 Å². The maximum Gasteiger partial charge on any atom is 0.335 e. The number of aromatic carboxylic acids is 1. The van der Waals surface area contributed by atoms with Crippen LogP contribution in [0, 0.1) is 0 Å². The zero-order valence-corrected chi connectivity index (χ0v) is 11.2. The summed E-state index contributed by atoms with van der Waals surface area (Å²) in [5, 5.41) is 8.81. The number of ether oxygens (including phenoxy) is 1. The third-order valence-electron chi connectivity index (χ3n) is 2.99. The van der Waals surface area contributed by atoms with Gasteiger partial charge in [0.25, 0.3) is 0 Å². The molecule has 1 aromatic rings. The van der Waals surface area contributed by atoms with E-state index in [4.69, 9.17) is 9.84 Å². The van der Waals surface area contributed by atoms with Crippen molar-refractivity contribution in [3.8, 4) is 5.75 Å². The van der Waals surface area contributed by atoms with Crippen molar-refractivity contribution in [2.45, 2.75) is 52.1 Å². The number of hydrogen-bond acceptors (Lipinski definition) is 2. The van der Waals surface area contributed by atoms with Crippen molar-refractivity contribution in [1.29, 1.82) is 0 Å². The largest absolute Gasteiger partial charge is 0.490 e. The predicted molar refractivity (Wildman–Crippen MR) is 72.3 cm³/mol. The van der Waals surface area contributed by atoms with Gasteiger partial charge in [0, 0.05) is 0 Å². The van der Waals surface area contributed by atoms with Gasteiger partial charge in [0.2, 0.25) is 0 Å². The van der Waals surface area contributed by atoms with Crippen LogP contribution >= 0.6 is 0 Å². The Morgan fingerprint density at radius 3 is 2.39 bits per heavy atom. The van der Waals surface area contributed by atoms with E-state index in [0.29, 0.717) is 5.56 Å². The Labute approximate surface area is 109 Å². The summed E-state index contributed by atoms with van der Waals surface area (Å²) >= 11 is 0. The van der Waals surface area contributed by atoms with E-state index in [2.05, 4.69) is 13.8 Å². The van der Waals surface area contributed by atoms with Crippen molar-refractivity contribution in [2.24, 2.45) is 0 Å². The van der Waals surface area contributed by atoms with Gasteiger partial charge in [-0.3, -0.25) is 0 Å². The Morgan fingerprint density at radius 2 is 1.89 bits per heavy atom. The lowest BCUT2D eigenvalue weighted by molar-refractivity contribution is 0.0697. The Morgan fingerprint density at radius 1 is 1.22 bits per heavy atom. The monoisotopic (exact) mass is 250 g/mol. The van der Waals surface area contributed by atoms with Crippen molar-refractivity contribution >= 4 is 5.97 Å². The van der Waals surface area contributed by atoms with Gasteiger partial charge in [0.15, 0.2) is 0 Å². The molecule has 0 bridgehead atoms. The first-order valence-corrected chi connectivity index (χ1v) is 6.67. The minimum absolute atomic E-state index is 0.229. The Kier molecular flexibility index (Phi) is 6.26. The maximum absolute atomic E-state index is 10.7. The summed E-state index contributed by atoms with van der Waals surface area (Å²) in [4.78, 5) is 10.7. The molecule has 0 fully saturated rings. The molecule has 0 spiro atoms. The van der Waals surface area contributed by atoms with Gasteiger partial charge in [-0.05, 0) is 43.5 Å². The number of rotatable bonds is 8. The quantitative estimate of drug-likeness (QED) is 0.706. The van der Waals surface area contributed by atoms with E-state index in [1.54, 1.807) is 24.3 Å². The average molecular weight is 250 g/mol. The van der Waals surface area contributed by atoms with E-state index in [9.17, 15) is 4.79 Å². The van der Waals surface area contributed by atoms with Crippen LogP contribution in [0.4, 0.5) is 0 Å². The Bertz CT molecular complexity index is 357. The molecule has 0 amide bonds. The molecule has 18 heavy (non-hydrogen) atoms. The highest BCUT2D eigenvalue weighted by Gasteiger charge is 2.08. The molecule has 0 saturated heterocycles. The fourth-order valence-electron chi connectivity index (χ4n) is 1.84. The summed E-state index contributed by atoms with van der Waals surface area (Å²) in [6, 6.07) is 6.62. The van der Waals surface area contributed by atoms with Gasteiger partial charge in [-0.1, -0.05) is 26.7 Å². The molecule has 1 N–H and O–H groups in total. The lowest BCUT2D eigenvalue weighted by Gasteiger charge is -2.17. The zero-order valence-electron chi connectivity index (χ0n) is 11.2. The highest BCUT2D eigenvalue weighted by molar-refractivity contribution is 5.87. The molecule has 0 radical (unpaired) electrons. The van der Waals surface area contributed by atoms with Crippen LogP contribution < -0.4 is 4.74 Å². The molecule has 1 rings (SSSR count). The van der Waals surface area contributed by atoms with E-state index < -0.39 is 5.97 Å². The van der Waals surface area contributed by atoms with Gasteiger partial charge in [0.05, 0.1) is 11.7 Å². The first kappa shape index (κ1) is 14.6. The highest BCUT2D eigenvalue weighted by Crippen LogP contribution is 2.18. The number of hydrogen-bond donors (Lipinski definition) is 1. The summed E-state index contributed by atoms with van der Waals surface area (Å²) in [6.45, 7) is 4.30. The fourth-order valence-corrected chi connectivity index (χ4v) is 1.84. The van der Waals surface area contributed by atoms with Crippen LogP contribution in [-0.2, 0) is 0 Å². The molecule has 0 heterocycles. The second kappa shape index (κ2) is 7.75. The summed E-state index contributed by atoms with van der Waals surface area (Å²) < 4.78 is 5.85. The van der Waals surface area contributed by atoms with Gasteiger partial charge < -0.3 is 9.84 Å². The smallest absolute Gasteiger partial charge is 0.335 e. The molecule has 0 aliphatic carbocycles. The standard InChI is InChI=1S/C15H22O3/c1-3-5-6-7-13(4-2)18-14-10-8-12(9-11-14)15(16)17/h8-11,13H,3-7H2,1-2H3,(H,16,17). The molecule has 1 aromatic carbocycles. The van der Waals surface area contributed by atoms with Crippen LogP contribution in [0.3, 0.4) is 0 Å². The second-order valence-electron chi connectivity index (χ2n) is 4.47. The molecule has 1 atom stereocenters. The second-order valence-corrected chi connectivity index (χ2v) is 4.47. The number of carboxylic acids is 1. The fraction of sp³-hybridized carbons (Fsp3) is 0.533. The first-order chi connectivity index (χ1) is 8.67. The molecule has 0 aliphatic rings. The maximum atomic E-state index is 10.7. The number of carboxylic acid groups (broad SMARTS) is 1. The Balaban J connectivity index is 2.50. The molecule has 0 aromatic heterocycles. The van der Waals surface area contributed by atoms with E-state index in [1.165, 1.54) is 19.3 Å². The van der Waals surface area contributed by atoms with Gasteiger partial charge in [-0.25, -0.2) is 4.79 Å². The minimum Gasteiger partial charge on any atom is -0.490 e. The van der Waals surface area contributed by atoms with Crippen molar-refractivity contribution in [1.82, 2.24) is 0 Å². The van der Waals surface area contributed by atoms with Gasteiger partial charge in [0.1, 0.15) is 5.75 Å². The molecule has 1 unspecified atom stereocenters. The van der Waals surface area contributed by atoms with Crippen molar-refractivity contribution in [3.05, 3.63) is 29.8 Å². The number of unbranched alkanes of at least 4 members (excludes halogenated alkanes) is 2. The molecule has 100 valence electrons. The third-order valence-corrected chi connectivity index (χ3v) is 2.99. The van der Waals surface area contributed by atoms with E-state index in [1.807, 2.05) is 0 Å². The van der Waals surface area contributed by atoms with E-state index in [-0.39, 0.29) is 6.10 Å². The van der Waals surface area contributed by atoms with Crippen LogP contribution in [0.25, 0.3) is 0 Å². The van der Waals surface area contributed by atoms with Crippen molar-refractivity contribution < 1.29 is 14.6 Å². The van der Waals surface area contributed by atoms with Gasteiger partial charge in [-0.2, -0.15) is 0 Å². The Hall–Kier alpha value is -1.51. The number of benzene rings is 1. The minimum atomic E-state index is -0.906. The summed E-state index contributed by atoms with van der Waals surface area (Å²) in [7, 11) is 0. The van der Waals surface area contributed by atoms with Crippen LogP contribution in [0.2, 0.25) is 0 Å². The lowest BCUT2D eigenvalue weighted by Crippen LogP contribution is -2.15. The van der Waals surface area contributed by atoms with Crippen LogP contribution in [0.1, 0.15) is 56.3 Å². The molecular weight excluding hydrogens is 228 g/mol. The SMILES string of the molecule is CCCCCC(CC)Oc1ccc(C(=O)O)cc1. The molecule has 0 aliphatic heterocycles. The summed E-state index contributed by atoms with van der Waals surface area (Å²) in [6.07, 6.45) is 5.89.